The van der Waals surface area contributed by atoms with Crippen LogP contribution in [0.1, 0.15) is 55.4 Å². The first-order valence-corrected chi connectivity index (χ1v) is 8.69. The number of esters is 1. The van der Waals surface area contributed by atoms with Gasteiger partial charge in [-0.15, -0.1) is 0 Å². The van der Waals surface area contributed by atoms with E-state index in [9.17, 15) is 24.0 Å². The number of carboxylic acid groups (broad SMARTS) is 1. The van der Waals surface area contributed by atoms with Crippen LogP contribution in [0.3, 0.4) is 0 Å². The summed E-state index contributed by atoms with van der Waals surface area (Å²) in [5.41, 5.74) is 0.407. The molecule has 29 heavy (non-hydrogen) atoms. The lowest BCUT2D eigenvalue weighted by molar-refractivity contribution is -0.145. The zero-order valence-corrected chi connectivity index (χ0v) is 15.1. The number of ketones is 3. The molecule has 0 amide bonds. The molecule has 1 heterocycles. The Hall–Kier alpha value is -3.59. The summed E-state index contributed by atoms with van der Waals surface area (Å²) >= 11 is 0. The van der Waals surface area contributed by atoms with Crippen molar-refractivity contribution in [1.29, 1.82) is 0 Å². The van der Waals surface area contributed by atoms with E-state index in [0.29, 0.717) is 0 Å². The number of fused-ring (bicyclic) bond motifs is 2. The van der Waals surface area contributed by atoms with Gasteiger partial charge >= 0.3 is 11.9 Å². The molecular formula is C20H16O9. The van der Waals surface area contributed by atoms with Crippen LogP contribution in [-0.2, 0) is 19.1 Å². The molecule has 0 aliphatic heterocycles. The number of hydrogen-bond donors (Lipinski definition) is 1. The summed E-state index contributed by atoms with van der Waals surface area (Å²) in [4.78, 5) is 59.3. The van der Waals surface area contributed by atoms with Crippen molar-refractivity contribution in [2.24, 2.45) is 0 Å². The van der Waals surface area contributed by atoms with Crippen molar-refractivity contribution in [3.63, 3.8) is 0 Å². The highest BCUT2D eigenvalue weighted by atomic mass is 16.6. The Balaban J connectivity index is 1.58. The molecule has 0 radical (unpaired) electrons. The Morgan fingerprint density at radius 2 is 1.62 bits per heavy atom. The first-order chi connectivity index (χ1) is 13.9. The number of aliphatic carboxylic acids is 1. The highest BCUT2D eigenvalue weighted by Gasteiger charge is 2.34. The molecule has 0 fully saturated rings. The second-order valence-electron chi connectivity index (χ2n) is 6.13. The van der Waals surface area contributed by atoms with Gasteiger partial charge in [-0.25, -0.2) is 0 Å². The molecule has 1 aromatic carbocycles. The van der Waals surface area contributed by atoms with Crippen LogP contribution >= 0.6 is 0 Å². The molecule has 0 bridgehead atoms. The third-order valence-electron chi connectivity index (χ3n) is 4.13. The molecule has 3 rings (SSSR count). The number of carboxylic acids is 1. The first kappa shape index (κ1) is 20.2. The molecule has 0 saturated carbocycles. The topological polar surface area (TPSA) is 137 Å². The SMILES string of the molecule is O=C(O)CCOCCOC(=O)CC(=O)c1cc2c(o1)C(=O)c1ccccc1C2=O. The maximum atomic E-state index is 12.5. The van der Waals surface area contributed by atoms with Crippen molar-refractivity contribution in [1.82, 2.24) is 0 Å². The second-order valence-corrected chi connectivity index (χ2v) is 6.13. The molecule has 1 N–H and O–H groups in total. The lowest BCUT2D eigenvalue weighted by atomic mass is 9.88. The Bertz CT molecular complexity index is 947. The fraction of sp³-hybridized carbons (Fsp3) is 0.250. The molecule has 9 nitrogen and oxygen atoms in total. The highest BCUT2D eigenvalue weighted by Crippen LogP contribution is 2.30. The minimum Gasteiger partial charge on any atom is -0.481 e. The summed E-state index contributed by atoms with van der Waals surface area (Å²) in [6.07, 6.45) is -0.812. The minimum atomic E-state index is -1.01. The molecule has 1 aliphatic rings. The number of carbonyl (C=O) groups is 5. The largest absolute Gasteiger partial charge is 0.481 e. The summed E-state index contributed by atoms with van der Waals surface area (Å²) in [7, 11) is 0. The number of carbonyl (C=O) groups excluding carboxylic acids is 4. The van der Waals surface area contributed by atoms with E-state index < -0.39 is 35.7 Å². The predicted octanol–water partition coefficient (Wildman–Crippen LogP) is 1.66. The molecule has 150 valence electrons. The summed E-state index contributed by atoms with van der Waals surface area (Å²) in [5, 5.41) is 8.46. The molecule has 0 spiro atoms. The second kappa shape index (κ2) is 8.61. The van der Waals surface area contributed by atoms with Crippen molar-refractivity contribution >= 4 is 29.3 Å². The monoisotopic (exact) mass is 400 g/mol. The van der Waals surface area contributed by atoms with Gasteiger partial charge in [0.2, 0.25) is 11.6 Å². The summed E-state index contributed by atoms with van der Waals surface area (Å²) < 4.78 is 15.1. The van der Waals surface area contributed by atoms with E-state index in [4.69, 9.17) is 19.0 Å². The highest BCUT2D eigenvalue weighted by molar-refractivity contribution is 6.28. The normalized spacial score (nSPS) is 12.3. The van der Waals surface area contributed by atoms with E-state index in [2.05, 4.69) is 0 Å². The van der Waals surface area contributed by atoms with Crippen LogP contribution in [-0.4, -0.2) is 54.2 Å². The molecule has 9 heteroatoms. The van der Waals surface area contributed by atoms with Crippen molar-refractivity contribution in [2.45, 2.75) is 12.8 Å². The van der Waals surface area contributed by atoms with Gasteiger partial charge in [0.05, 0.1) is 25.2 Å². The molecule has 0 saturated heterocycles. The Kier molecular flexibility index (Phi) is 5.99. The Morgan fingerprint density at radius 3 is 2.31 bits per heavy atom. The number of furan rings is 1. The van der Waals surface area contributed by atoms with E-state index in [-0.39, 0.29) is 54.5 Å². The van der Waals surface area contributed by atoms with Gasteiger partial charge in [-0.3, -0.25) is 24.0 Å². The zero-order valence-electron chi connectivity index (χ0n) is 15.1. The zero-order chi connectivity index (χ0) is 21.0. The smallest absolute Gasteiger partial charge is 0.313 e. The number of hydrogen-bond acceptors (Lipinski definition) is 8. The van der Waals surface area contributed by atoms with Crippen LogP contribution in [0.15, 0.2) is 34.7 Å². The maximum Gasteiger partial charge on any atom is 0.313 e. The van der Waals surface area contributed by atoms with E-state index >= 15 is 0 Å². The van der Waals surface area contributed by atoms with Gasteiger partial charge in [0.1, 0.15) is 13.0 Å². The average Bonchev–Trinajstić information content (AvgIpc) is 3.15. The van der Waals surface area contributed by atoms with E-state index in [1.807, 2.05) is 0 Å². The van der Waals surface area contributed by atoms with Gasteiger partial charge in [0, 0.05) is 11.1 Å². The van der Waals surface area contributed by atoms with Gasteiger partial charge in [0.25, 0.3) is 0 Å². The number of ether oxygens (including phenoxy) is 2. The lowest BCUT2D eigenvalue weighted by Gasteiger charge is -2.11. The number of Topliss-reactive ketones (excluding diaryl/α,β-unsaturated/α-hetero) is 1. The van der Waals surface area contributed by atoms with Crippen molar-refractivity contribution < 1.29 is 43.0 Å². The Labute approximate surface area is 164 Å². The van der Waals surface area contributed by atoms with Crippen molar-refractivity contribution in [2.75, 3.05) is 19.8 Å². The first-order valence-electron chi connectivity index (χ1n) is 8.69. The average molecular weight is 400 g/mol. The fourth-order valence-electron chi connectivity index (χ4n) is 2.76. The maximum absolute atomic E-state index is 12.5. The van der Waals surface area contributed by atoms with Crippen LogP contribution in [0.5, 0.6) is 0 Å². The summed E-state index contributed by atoms with van der Waals surface area (Å²) in [6.45, 7) is -0.176. The number of rotatable bonds is 9. The predicted molar refractivity (Wildman–Crippen MR) is 95.0 cm³/mol. The van der Waals surface area contributed by atoms with E-state index in [1.54, 1.807) is 12.1 Å². The van der Waals surface area contributed by atoms with E-state index in [0.717, 1.165) is 6.07 Å². The third kappa shape index (κ3) is 4.46. The van der Waals surface area contributed by atoms with Gasteiger partial charge in [-0.1, -0.05) is 24.3 Å². The molecule has 0 unspecified atom stereocenters. The van der Waals surface area contributed by atoms with Gasteiger partial charge in [0.15, 0.2) is 17.3 Å². The lowest BCUT2D eigenvalue weighted by Crippen LogP contribution is -2.18. The van der Waals surface area contributed by atoms with Crippen LogP contribution < -0.4 is 0 Å². The van der Waals surface area contributed by atoms with Gasteiger partial charge in [-0.05, 0) is 6.07 Å². The van der Waals surface area contributed by atoms with Gasteiger partial charge < -0.3 is 19.0 Å². The molecule has 0 atom stereocenters. The van der Waals surface area contributed by atoms with Crippen molar-refractivity contribution in [3.8, 4) is 0 Å². The molecular weight excluding hydrogens is 384 g/mol. The van der Waals surface area contributed by atoms with Gasteiger partial charge in [-0.2, -0.15) is 0 Å². The molecule has 1 aromatic heterocycles. The van der Waals surface area contributed by atoms with Crippen LogP contribution in [0, 0.1) is 0 Å². The fourth-order valence-corrected chi connectivity index (χ4v) is 2.76. The quantitative estimate of drug-likeness (QED) is 0.246. The Morgan fingerprint density at radius 1 is 0.931 bits per heavy atom. The summed E-state index contributed by atoms with van der Waals surface area (Å²) in [6, 6.07) is 7.42. The van der Waals surface area contributed by atoms with Crippen LogP contribution in [0.25, 0.3) is 0 Å². The summed E-state index contributed by atoms with van der Waals surface area (Å²) in [5.74, 6) is -4.02. The molecule has 2 aromatic rings. The van der Waals surface area contributed by atoms with Crippen LogP contribution in [0.2, 0.25) is 0 Å². The third-order valence-corrected chi connectivity index (χ3v) is 4.13. The number of benzene rings is 1. The van der Waals surface area contributed by atoms with Crippen LogP contribution in [0.4, 0.5) is 0 Å². The molecule has 1 aliphatic carbocycles. The van der Waals surface area contributed by atoms with Crippen molar-refractivity contribution in [3.05, 3.63) is 58.5 Å². The minimum absolute atomic E-state index is 0.0104. The standard InChI is InChI=1S/C20H16O9/c21-14(10-17(24)28-8-7-27-6-5-16(22)23)15-9-13-18(25)11-3-1-2-4-12(11)19(26)20(13)29-15/h1-4,9H,5-8,10H2,(H,22,23). The van der Waals surface area contributed by atoms with E-state index in [1.165, 1.54) is 12.1 Å².